The van der Waals surface area contributed by atoms with Crippen LogP contribution in [0.15, 0.2) is 23.1 Å². The second kappa shape index (κ2) is 8.22. The van der Waals surface area contributed by atoms with Crippen molar-refractivity contribution < 1.29 is 13.2 Å². The first-order valence-electron chi connectivity index (χ1n) is 9.18. The summed E-state index contributed by atoms with van der Waals surface area (Å²) in [7, 11) is -0.537. The Bertz CT molecular complexity index is 903. The summed E-state index contributed by atoms with van der Waals surface area (Å²) in [6, 6.07) is 4.85. The van der Waals surface area contributed by atoms with Crippen molar-refractivity contribution in [1.29, 1.82) is 0 Å². The van der Waals surface area contributed by atoms with Crippen molar-refractivity contribution in [2.75, 3.05) is 20.6 Å². The fourth-order valence-corrected chi connectivity index (χ4v) is 4.17. The minimum Gasteiger partial charge on any atom is -0.336 e. The van der Waals surface area contributed by atoms with Crippen LogP contribution in [0.2, 0.25) is 0 Å². The second-order valence-corrected chi connectivity index (χ2v) is 9.14. The molecule has 1 aliphatic carbocycles. The first-order valence-corrected chi connectivity index (χ1v) is 10.6. The molecule has 1 aliphatic rings. The van der Waals surface area contributed by atoms with Crippen LogP contribution in [0, 0.1) is 0 Å². The molecule has 0 spiro atoms. The lowest BCUT2D eigenvalue weighted by Crippen LogP contribution is -2.43. The lowest BCUT2D eigenvalue weighted by molar-refractivity contribution is 0.232. The molecule has 27 heavy (non-hydrogen) atoms. The molecule has 1 saturated carbocycles. The molecule has 1 heterocycles. The molecule has 2 aromatic rings. The van der Waals surface area contributed by atoms with Gasteiger partial charge in [0.15, 0.2) is 0 Å². The van der Waals surface area contributed by atoms with Gasteiger partial charge in [0.05, 0.1) is 17.0 Å². The van der Waals surface area contributed by atoms with Crippen LogP contribution >= 0.6 is 0 Å². The number of nitrogens with zero attached hydrogens (tertiary/aromatic N) is 4. The van der Waals surface area contributed by atoms with E-state index in [-0.39, 0.29) is 17.0 Å². The molecule has 0 aliphatic heterocycles. The summed E-state index contributed by atoms with van der Waals surface area (Å²) in [6.45, 7) is 0.864. The first kappa shape index (κ1) is 19.6. The number of aromatic nitrogens is 3. The van der Waals surface area contributed by atoms with Crippen molar-refractivity contribution >= 4 is 27.1 Å². The van der Waals surface area contributed by atoms with Gasteiger partial charge >= 0.3 is 6.03 Å². The third-order valence-corrected chi connectivity index (χ3v) is 6.62. The van der Waals surface area contributed by atoms with Crippen molar-refractivity contribution in [3.8, 4) is 0 Å². The fraction of sp³-hybridized carbons (Fsp3) is 0.588. The number of hydrogen-bond donors (Lipinski definition) is 2. The van der Waals surface area contributed by atoms with Gasteiger partial charge in [-0.1, -0.05) is 24.5 Å². The molecule has 0 radical (unpaired) electrons. The molecule has 2 N–H and O–H groups in total. The number of fused-ring (bicyclic) bond motifs is 1. The van der Waals surface area contributed by atoms with Crippen LogP contribution in [-0.2, 0) is 16.6 Å². The predicted octanol–water partition coefficient (Wildman–Crippen LogP) is 1.31. The monoisotopic (exact) mass is 394 g/mol. The standard InChI is InChI=1S/C17H26N6O3S/c1-22(2)27(25,26)14-8-9-16-15(12-14)20-21-23(16)11-10-18-17(24)19-13-6-4-3-5-7-13/h8-9,12-13H,3-7,10-11H2,1-2H3,(H2,18,19,24). The molecular weight excluding hydrogens is 368 g/mol. The third-order valence-electron chi connectivity index (χ3n) is 4.81. The summed E-state index contributed by atoms with van der Waals surface area (Å²) in [6.07, 6.45) is 5.66. The Hall–Kier alpha value is -2.20. The van der Waals surface area contributed by atoms with Crippen LogP contribution in [0.25, 0.3) is 11.0 Å². The summed E-state index contributed by atoms with van der Waals surface area (Å²) in [5, 5.41) is 14.0. The lowest BCUT2D eigenvalue weighted by Gasteiger charge is -2.22. The van der Waals surface area contributed by atoms with Gasteiger partial charge in [-0.3, -0.25) is 0 Å². The third kappa shape index (κ3) is 4.56. The highest BCUT2D eigenvalue weighted by atomic mass is 32.2. The van der Waals surface area contributed by atoms with Crippen LogP contribution in [-0.4, -0.2) is 60.4 Å². The molecule has 0 unspecified atom stereocenters. The van der Waals surface area contributed by atoms with E-state index < -0.39 is 10.0 Å². The first-order chi connectivity index (χ1) is 12.9. The molecule has 148 valence electrons. The summed E-state index contributed by atoms with van der Waals surface area (Å²) in [5.41, 5.74) is 1.23. The Morgan fingerprint density at radius 3 is 2.70 bits per heavy atom. The smallest absolute Gasteiger partial charge is 0.315 e. The van der Waals surface area contributed by atoms with Gasteiger partial charge in [0, 0.05) is 26.7 Å². The minimum atomic E-state index is -3.51. The van der Waals surface area contributed by atoms with Gasteiger partial charge < -0.3 is 10.6 Å². The lowest BCUT2D eigenvalue weighted by atomic mass is 9.96. The Balaban J connectivity index is 1.58. The summed E-state index contributed by atoms with van der Waals surface area (Å²) in [5.74, 6) is 0. The molecule has 1 aromatic carbocycles. The van der Waals surface area contributed by atoms with Crippen molar-refractivity contribution in [3.05, 3.63) is 18.2 Å². The van der Waals surface area contributed by atoms with E-state index in [1.165, 1.54) is 39.4 Å². The van der Waals surface area contributed by atoms with Gasteiger partial charge in [0.25, 0.3) is 0 Å². The largest absolute Gasteiger partial charge is 0.336 e. The van der Waals surface area contributed by atoms with E-state index >= 15 is 0 Å². The molecule has 0 saturated heterocycles. The van der Waals surface area contributed by atoms with Crippen molar-refractivity contribution in [3.63, 3.8) is 0 Å². The number of amides is 2. The van der Waals surface area contributed by atoms with E-state index in [1.807, 2.05) is 0 Å². The number of nitrogens with one attached hydrogen (secondary N) is 2. The van der Waals surface area contributed by atoms with Gasteiger partial charge in [-0.25, -0.2) is 22.2 Å². The zero-order valence-corrected chi connectivity index (χ0v) is 16.5. The van der Waals surface area contributed by atoms with Gasteiger partial charge in [-0.05, 0) is 31.0 Å². The number of sulfonamides is 1. The van der Waals surface area contributed by atoms with Crippen molar-refractivity contribution in [1.82, 2.24) is 29.9 Å². The highest BCUT2D eigenvalue weighted by Crippen LogP contribution is 2.19. The van der Waals surface area contributed by atoms with Crippen LogP contribution in [0.5, 0.6) is 0 Å². The average Bonchev–Trinajstić information content (AvgIpc) is 3.05. The zero-order chi connectivity index (χ0) is 19.4. The van der Waals surface area contributed by atoms with Gasteiger partial charge in [0.2, 0.25) is 10.0 Å². The van der Waals surface area contributed by atoms with Crippen LogP contribution in [0.1, 0.15) is 32.1 Å². The second-order valence-electron chi connectivity index (χ2n) is 6.99. The predicted molar refractivity (Wildman–Crippen MR) is 102 cm³/mol. The van der Waals surface area contributed by atoms with Crippen molar-refractivity contribution in [2.24, 2.45) is 0 Å². The molecule has 0 bridgehead atoms. The average molecular weight is 395 g/mol. The minimum absolute atomic E-state index is 0.161. The quantitative estimate of drug-likeness (QED) is 0.768. The van der Waals surface area contributed by atoms with Gasteiger partial charge in [-0.2, -0.15) is 0 Å². The van der Waals surface area contributed by atoms with Crippen LogP contribution < -0.4 is 10.6 Å². The maximum Gasteiger partial charge on any atom is 0.315 e. The summed E-state index contributed by atoms with van der Waals surface area (Å²) >= 11 is 0. The number of hydrogen-bond acceptors (Lipinski definition) is 5. The molecule has 2 amide bonds. The number of carbonyl (C=O) groups excluding carboxylic acids is 1. The maximum absolute atomic E-state index is 12.2. The Kier molecular flexibility index (Phi) is 5.95. The molecular formula is C17H26N6O3S. The molecule has 0 atom stereocenters. The summed E-state index contributed by atoms with van der Waals surface area (Å²) < 4.78 is 27.2. The number of urea groups is 1. The number of carbonyl (C=O) groups is 1. The number of rotatable bonds is 6. The van der Waals surface area contributed by atoms with Gasteiger partial charge in [-0.15, -0.1) is 5.10 Å². The van der Waals surface area contributed by atoms with Crippen molar-refractivity contribution in [2.45, 2.75) is 49.6 Å². The Labute approximate surface area is 159 Å². The van der Waals surface area contributed by atoms with Gasteiger partial charge in [0.1, 0.15) is 5.52 Å². The SMILES string of the molecule is CN(C)S(=O)(=O)c1ccc2c(c1)nnn2CCNC(=O)NC1CCCCC1. The highest BCUT2D eigenvalue weighted by Gasteiger charge is 2.19. The fourth-order valence-electron chi connectivity index (χ4n) is 3.25. The zero-order valence-electron chi connectivity index (χ0n) is 15.7. The molecule has 1 fully saturated rings. The van der Waals surface area contributed by atoms with E-state index in [0.717, 1.165) is 22.7 Å². The van der Waals surface area contributed by atoms with Crippen LogP contribution in [0.3, 0.4) is 0 Å². The van der Waals surface area contributed by atoms with E-state index in [4.69, 9.17) is 0 Å². The topological polar surface area (TPSA) is 109 Å². The Morgan fingerprint density at radius 2 is 2.00 bits per heavy atom. The number of benzene rings is 1. The van der Waals surface area contributed by atoms with E-state index in [1.54, 1.807) is 16.8 Å². The highest BCUT2D eigenvalue weighted by molar-refractivity contribution is 7.89. The van der Waals surface area contributed by atoms with Crippen LogP contribution in [0.4, 0.5) is 4.79 Å². The normalized spacial score (nSPS) is 16.0. The Morgan fingerprint density at radius 1 is 1.26 bits per heavy atom. The summed E-state index contributed by atoms with van der Waals surface area (Å²) in [4.78, 5) is 12.2. The van der Waals surface area contributed by atoms with E-state index in [9.17, 15) is 13.2 Å². The maximum atomic E-state index is 12.2. The molecule has 10 heteroatoms. The van der Waals surface area contributed by atoms with E-state index in [0.29, 0.717) is 18.6 Å². The molecule has 3 rings (SSSR count). The molecule has 9 nitrogen and oxygen atoms in total. The molecule has 1 aromatic heterocycles. The van der Waals surface area contributed by atoms with E-state index in [2.05, 4.69) is 20.9 Å².